The summed E-state index contributed by atoms with van der Waals surface area (Å²) in [7, 11) is 0. The second kappa shape index (κ2) is 3.65. The predicted octanol–water partition coefficient (Wildman–Crippen LogP) is -3.22. The van der Waals surface area contributed by atoms with E-state index in [0.29, 0.717) is 0 Å². The zero-order chi connectivity index (χ0) is 10.2. The highest BCUT2D eigenvalue weighted by Gasteiger charge is 2.42. The smallest absolute Gasteiger partial charge is 0.184 e. The Bertz CT molecular complexity index is 186. The molecule has 1 aliphatic rings. The van der Waals surface area contributed by atoms with Crippen molar-refractivity contribution in [2.75, 3.05) is 6.61 Å². The first kappa shape index (κ1) is 8.36. The summed E-state index contributed by atoms with van der Waals surface area (Å²) in [6.07, 6.45) is -9.31. The summed E-state index contributed by atoms with van der Waals surface area (Å²) in [6, 6.07) is 0. The van der Waals surface area contributed by atoms with Gasteiger partial charge in [-0.05, 0) is 0 Å². The topological polar surface area (TPSA) is 110 Å². The standard InChI is InChI=1S/C6H12O6/c7-1-2-3(8)4(9)5(10)6(11)12-2/h2-11H,1H2/t2-,3-,4-,5?,6?/m1/s1/i5D. The van der Waals surface area contributed by atoms with E-state index in [1.54, 1.807) is 0 Å². The molecule has 0 aromatic carbocycles. The molecular weight excluding hydrogens is 168 g/mol. The molecule has 2 unspecified atom stereocenters. The van der Waals surface area contributed by atoms with E-state index in [9.17, 15) is 0 Å². The van der Waals surface area contributed by atoms with E-state index in [4.69, 9.17) is 26.9 Å². The molecule has 0 radical (unpaired) electrons. The summed E-state index contributed by atoms with van der Waals surface area (Å²) in [4.78, 5) is 0. The van der Waals surface area contributed by atoms with Crippen LogP contribution in [0, 0.1) is 0 Å². The molecular formula is C6H12O6. The van der Waals surface area contributed by atoms with Crippen LogP contribution in [-0.2, 0) is 4.74 Å². The minimum Gasteiger partial charge on any atom is -0.394 e. The number of ether oxygens (including phenoxy) is 1. The highest BCUT2D eigenvalue weighted by Crippen LogP contribution is 2.18. The molecule has 72 valence electrons. The molecule has 1 fully saturated rings. The van der Waals surface area contributed by atoms with Gasteiger partial charge >= 0.3 is 0 Å². The van der Waals surface area contributed by atoms with Crippen molar-refractivity contribution < 1.29 is 31.6 Å². The second-order valence-corrected chi connectivity index (χ2v) is 2.57. The lowest BCUT2D eigenvalue weighted by Gasteiger charge is -2.37. The molecule has 0 aromatic heterocycles. The fraction of sp³-hybridized carbons (Fsp3) is 1.00. The van der Waals surface area contributed by atoms with Gasteiger partial charge in [-0.1, -0.05) is 0 Å². The Hall–Kier alpha value is -0.240. The van der Waals surface area contributed by atoms with Gasteiger partial charge in [-0.25, -0.2) is 0 Å². The molecule has 5 N–H and O–H groups in total. The van der Waals surface area contributed by atoms with Crippen molar-refractivity contribution in [3.63, 3.8) is 0 Å². The Morgan fingerprint density at radius 2 is 1.75 bits per heavy atom. The van der Waals surface area contributed by atoms with E-state index in [-0.39, 0.29) is 0 Å². The molecule has 0 amide bonds. The molecule has 0 spiro atoms. The van der Waals surface area contributed by atoms with E-state index < -0.39 is 37.3 Å². The highest BCUT2D eigenvalue weighted by atomic mass is 16.6. The van der Waals surface area contributed by atoms with E-state index in [1.165, 1.54) is 0 Å². The average Bonchev–Trinajstić information content (AvgIpc) is 2.09. The third-order valence-corrected chi connectivity index (χ3v) is 1.74. The number of hydrogen-bond donors (Lipinski definition) is 5. The molecule has 0 saturated carbocycles. The van der Waals surface area contributed by atoms with Crippen LogP contribution in [0.5, 0.6) is 0 Å². The van der Waals surface area contributed by atoms with Gasteiger partial charge in [0.1, 0.15) is 24.4 Å². The third-order valence-electron chi connectivity index (χ3n) is 1.74. The van der Waals surface area contributed by atoms with Gasteiger partial charge < -0.3 is 30.3 Å². The molecule has 6 nitrogen and oxygen atoms in total. The predicted molar refractivity (Wildman–Crippen MR) is 36.0 cm³/mol. The monoisotopic (exact) mass is 181 g/mol. The number of aliphatic hydroxyl groups is 5. The Labute approximate surface area is 70.0 Å². The first-order chi connectivity index (χ1) is 5.91. The second-order valence-electron chi connectivity index (χ2n) is 2.57. The summed E-state index contributed by atoms with van der Waals surface area (Å²) in [5.41, 5.74) is 0. The van der Waals surface area contributed by atoms with Gasteiger partial charge in [-0.3, -0.25) is 0 Å². The third kappa shape index (κ3) is 1.58. The van der Waals surface area contributed by atoms with Gasteiger partial charge in [0.15, 0.2) is 6.29 Å². The molecule has 1 saturated heterocycles. The van der Waals surface area contributed by atoms with Crippen LogP contribution in [0.1, 0.15) is 1.37 Å². The van der Waals surface area contributed by atoms with Gasteiger partial charge in [-0.15, -0.1) is 0 Å². The normalized spacial score (nSPS) is 56.6. The van der Waals surface area contributed by atoms with Crippen LogP contribution >= 0.6 is 0 Å². The zero-order valence-corrected chi connectivity index (χ0v) is 6.16. The first-order valence-corrected chi connectivity index (χ1v) is 3.44. The molecule has 12 heavy (non-hydrogen) atoms. The van der Waals surface area contributed by atoms with Crippen molar-refractivity contribution >= 4 is 0 Å². The summed E-state index contributed by atoms with van der Waals surface area (Å²) in [5.74, 6) is 0. The summed E-state index contributed by atoms with van der Waals surface area (Å²) in [5, 5.41) is 45.0. The molecule has 0 bridgehead atoms. The van der Waals surface area contributed by atoms with Crippen molar-refractivity contribution in [2.24, 2.45) is 0 Å². The Kier molecular flexibility index (Phi) is 2.54. The maximum atomic E-state index is 9.16. The summed E-state index contributed by atoms with van der Waals surface area (Å²) >= 11 is 0. The maximum Gasteiger partial charge on any atom is 0.184 e. The minimum atomic E-state index is -2.68. The van der Waals surface area contributed by atoms with Gasteiger partial charge in [-0.2, -0.15) is 0 Å². The van der Waals surface area contributed by atoms with Crippen LogP contribution in [0.2, 0.25) is 0 Å². The molecule has 0 aromatic rings. The molecule has 1 rings (SSSR count). The molecule has 5 atom stereocenters. The fourth-order valence-electron chi connectivity index (χ4n) is 0.991. The van der Waals surface area contributed by atoms with Crippen molar-refractivity contribution in [1.82, 2.24) is 0 Å². The lowest BCUT2D eigenvalue weighted by atomic mass is 10.00. The van der Waals surface area contributed by atoms with Crippen molar-refractivity contribution in [2.45, 2.75) is 30.7 Å². The SMILES string of the molecule is [2H]C1(O)C(O)O[C@H](CO)[C@@H](O)[C@H]1O. The Morgan fingerprint density at radius 1 is 1.17 bits per heavy atom. The molecule has 0 aliphatic carbocycles. The summed E-state index contributed by atoms with van der Waals surface area (Å²) < 4.78 is 11.5. The van der Waals surface area contributed by atoms with Gasteiger partial charge in [0.05, 0.1) is 7.98 Å². The van der Waals surface area contributed by atoms with Gasteiger partial charge in [0, 0.05) is 0 Å². The van der Waals surface area contributed by atoms with E-state index >= 15 is 0 Å². The summed E-state index contributed by atoms with van der Waals surface area (Å²) in [6.45, 7) is -0.620. The number of hydrogen-bond acceptors (Lipinski definition) is 6. The number of rotatable bonds is 1. The average molecular weight is 181 g/mol. The zero-order valence-electron chi connectivity index (χ0n) is 7.16. The van der Waals surface area contributed by atoms with Gasteiger partial charge in [0.2, 0.25) is 0 Å². The quantitative estimate of drug-likeness (QED) is 0.291. The van der Waals surface area contributed by atoms with E-state index in [2.05, 4.69) is 4.74 Å². The number of aliphatic hydroxyl groups excluding tert-OH is 4. The van der Waals surface area contributed by atoms with Crippen molar-refractivity contribution in [3.8, 4) is 0 Å². The Morgan fingerprint density at radius 3 is 2.25 bits per heavy atom. The minimum absolute atomic E-state index is 0.620. The maximum absolute atomic E-state index is 9.16. The lowest BCUT2D eigenvalue weighted by Crippen LogP contribution is -2.58. The van der Waals surface area contributed by atoms with E-state index in [1.807, 2.05) is 0 Å². The highest BCUT2D eigenvalue weighted by molar-refractivity contribution is 4.87. The van der Waals surface area contributed by atoms with Crippen LogP contribution < -0.4 is 0 Å². The first-order valence-electron chi connectivity index (χ1n) is 3.94. The fourth-order valence-corrected chi connectivity index (χ4v) is 0.991. The van der Waals surface area contributed by atoms with Crippen LogP contribution in [0.4, 0.5) is 0 Å². The Balaban J connectivity index is 2.79. The van der Waals surface area contributed by atoms with Crippen LogP contribution in [0.15, 0.2) is 0 Å². The lowest BCUT2D eigenvalue weighted by molar-refractivity contribution is -0.286. The van der Waals surface area contributed by atoms with Crippen molar-refractivity contribution in [3.05, 3.63) is 0 Å². The van der Waals surface area contributed by atoms with Crippen molar-refractivity contribution in [1.29, 1.82) is 0 Å². The van der Waals surface area contributed by atoms with Crippen LogP contribution in [-0.4, -0.2) is 62.8 Å². The largest absolute Gasteiger partial charge is 0.394 e. The van der Waals surface area contributed by atoms with E-state index in [0.717, 1.165) is 0 Å². The van der Waals surface area contributed by atoms with Crippen LogP contribution in [0.25, 0.3) is 0 Å². The molecule has 1 aliphatic heterocycles. The molecule has 6 heteroatoms. The molecule has 1 heterocycles. The van der Waals surface area contributed by atoms with Gasteiger partial charge in [0.25, 0.3) is 0 Å². The van der Waals surface area contributed by atoms with Crippen LogP contribution in [0.3, 0.4) is 0 Å².